The first-order valence-electron chi connectivity index (χ1n) is 7.79. The molecule has 1 aromatic carbocycles. The minimum absolute atomic E-state index is 0. The lowest BCUT2D eigenvalue weighted by atomic mass is 10.1. The second kappa shape index (κ2) is 11.8. The Labute approximate surface area is 150 Å². The molecule has 0 unspecified atom stereocenters. The first-order chi connectivity index (χ1) is 11.0. The highest BCUT2D eigenvalue weighted by atomic mass is 35.5. The number of carbonyl (C=O) groups excluding carboxylic acids is 2. The van der Waals surface area contributed by atoms with Crippen LogP contribution in [0.2, 0.25) is 0 Å². The third-order valence-electron chi connectivity index (χ3n) is 3.57. The van der Waals surface area contributed by atoms with Gasteiger partial charge in [0.1, 0.15) is 0 Å². The largest absolute Gasteiger partial charge is 0.383 e. The lowest BCUT2D eigenvalue weighted by Crippen LogP contribution is -2.48. The van der Waals surface area contributed by atoms with Gasteiger partial charge < -0.3 is 20.7 Å². The Hall–Kier alpha value is -1.63. The minimum Gasteiger partial charge on any atom is -0.383 e. The average Bonchev–Trinajstić information content (AvgIpc) is 2.56. The molecule has 0 saturated heterocycles. The number of hydrogen-bond acceptors (Lipinski definition) is 4. The third-order valence-corrected chi connectivity index (χ3v) is 3.57. The topological polar surface area (TPSA) is 84.7 Å². The maximum atomic E-state index is 12.4. The van der Waals surface area contributed by atoms with Crippen molar-refractivity contribution in [2.24, 2.45) is 11.7 Å². The van der Waals surface area contributed by atoms with Crippen LogP contribution in [0.3, 0.4) is 0 Å². The number of halogens is 1. The molecule has 1 rings (SSSR count). The molecular formula is C17H28ClN3O3. The van der Waals surface area contributed by atoms with Crippen molar-refractivity contribution < 1.29 is 14.3 Å². The van der Waals surface area contributed by atoms with Gasteiger partial charge in [-0.1, -0.05) is 44.2 Å². The number of nitrogens with two attached hydrogens (primary N) is 1. The summed E-state index contributed by atoms with van der Waals surface area (Å²) < 4.78 is 5.05. The summed E-state index contributed by atoms with van der Waals surface area (Å²) in [4.78, 5) is 25.9. The molecule has 7 heteroatoms. The predicted molar refractivity (Wildman–Crippen MR) is 96.8 cm³/mol. The zero-order valence-corrected chi connectivity index (χ0v) is 15.3. The molecule has 0 radical (unpaired) electrons. The number of benzene rings is 1. The van der Waals surface area contributed by atoms with Crippen LogP contribution in [0.15, 0.2) is 30.3 Å². The van der Waals surface area contributed by atoms with Crippen LogP contribution in [0, 0.1) is 5.92 Å². The standard InChI is InChI=1S/C17H27N3O3.ClH/c1-13(2)16(18)17(22)19-11-15(21)20(9-10-23-3)12-14-7-5-4-6-8-14;/h4-8,13,16H,9-12,18H2,1-3H3,(H,19,22);1H/t16-;/m0./s1. The summed E-state index contributed by atoms with van der Waals surface area (Å²) in [5.41, 5.74) is 6.80. The van der Waals surface area contributed by atoms with E-state index in [9.17, 15) is 9.59 Å². The SMILES string of the molecule is COCCN(Cc1ccccc1)C(=O)CNC(=O)[C@@H](N)C(C)C.Cl. The van der Waals surface area contributed by atoms with Gasteiger partial charge in [-0.3, -0.25) is 9.59 Å². The highest BCUT2D eigenvalue weighted by Gasteiger charge is 2.19. The van der Waals surface area contributed by atoms with Crippen molar-refractivity contribution in [1.82, 2.24) is 10.2 Å². The lowest BCUT2D eigenvalue weighted by Gasteiger charge is -2.23. The quantitative estimate of drug-likeness (QED) is 0.695. The molecule has 24 heavy (non-hydrogen) atoms. The van der Waals surface area contributed by atoms with Crippen molar-refractivity contribution in [3.63, 3.8) is 0 Å². The van der Waals surface area contributed by atoms with Crippen LogP contribution in [-0.2, 0) is 20.9 Å². The maximum Gasteiger partial charge on any atom is 0.242 e. The summed E-state index contributed by atoms with van der Waals surface area (Å²) in [6, 6.07) is 9.10. The van der Waals surface area contributed by atoms with E-state index in [1.165, 1.54) is 0 Å². The number of methoxy groups -OCH3 is 1. The van der Waals surface area contributed by atoms with Gasteiger partial charge in [0, 0.05) is 20.2 Å². The molecule has 1 aromatic rings. The Bertz CT molecular complexity index is 497. The van der Waals surface area contributed by atoms with Crippen LogP contribution in [-0.4, -0.2) is 49.6 Å². The predicted octanol–water partition coefficient (Wildman–Crippen LogP) is 1.18. The normalized spacial score (nSPS) is 11.5. The van der Waals surface area contributed by atoms with E-state index in [2.05, 4.69) is 5.32 Å². The van der Waals surface area contributed by atoms with Crippen LogP contribution in [0.25, 0.3) is 0 Å². The molecule has 136 valence electrons. The maximum absolute atomic E-state index is 12.4. The van der Waals surface area contributed by atoms with Crippen LogP contribution < -0.4 is 11.1 Å². The Balaban J connectivity index is 0.00000529. The van der Waals surface area contributed by atoms with E-state index in [-0.39, 0.29) is 36.7 Å². The first-order valence-corrected chi connectivity index (χ1v) is 7.79. The second-order valence-corrected chi connectivity index (χ2v) is 5.78. The summed E-state index contributed by atoms with van der Waals surface area (Å²) in [6.45, 7) is 5.07. The van der Waals surface area contributed by atoms with Crippen molar-refractivity contribution in [3.05, 3.63) is 35.9 Å². The highest BCUT2D eigenvalue weighted by molar-refractivity contribution is 5.87. The van der Waals surface area contributed by atoms with E-state index in [1.807, 2.05) is 44.2 Å². The Morgan fingerprint density at radius 2 is 1.88 bits per heavy atom. The van der Waals surface area contributed by atoms with E-state index in [0.717, 1.165) is 5.56 Å². The number of carbonyl (C=O) groups is 2. The van der Waals surface area contributed by atoms with Gasteiger partial charge in [-0.15, -0.1) is 12.4 Å². The average molecular weight is 358 g/mol. The summed E-state index contributed by atoms with van der Waals surface area (Å²) in [6.07, 6.45) is 0. The van der Waals surface area contributed by atoms with Crippen LogP contribution in [0.5, 0.6) is 0 Å². The molecule has 0 fully saturated rings. The molecule has 3 N–H and O–H groups in total. The zero-order valence-electron chi connectivity index (χ0n) is 14.5. The van der Waals surface area contributed by atoms with Crippen molar-refractivity contribution in [1.29, 1.82) is 0 Å². The van der Waals surface area contributed by atoms with E-state index in [0.29, 0.717) is 19.7 Å². The molecule has 0 spiro atoms. The fraction of sp³-hybridized carbons (Fsp3) is 0.529. The zero-order chi connectivity index (χ0) is 17.2. The van der Waals surface area contributed by atoms with Gasteiger partial charge in [0.15, 0.2) is 0 Å². The summed E-state index contributed by atoms with van der Waals surface area (Å²) in [5.74, 6) is -0.436. The number of nitrogens with one attached hydrogen (secondary N) is 1. The van der Waals surface area contributed by atoms with Crippen molar-refractivity contribution in [3.8, 4) is 0 Å². The van der Waals surface area contributed by atoms with Gasteiger partial charge in [0.05, 0.1) is 19.2 Å². The smallest absolute Gasteiger partial charge is 0.242 e. The number of amides is 2. The van der Waals surface area contributed by atoms with Crippen LogP contribution in [0.1, 0.15) is 19.4 Å². The second-order valence-electron chi connectivity index (χ2n) is 5.78. The molecule has 2 amide bonds. The molecule has 0 aromatic heterocycles. The summed E-state index contributed by atoms with van der Waals surface area (Å²) in [5, 5.41) is 2.61. The van der Waals surface area contributed by atoms with Gasteiger partial charge in [0.2, 0.25) is 11.8 Å². The van der Waals surface area contributed by atoms with Gasteiger partial charge >= 0.3 is 0 Å². The van der Waals surface area contributed by atoms with Crippen LogP contribution in [0.4, 0.5) is 0 Å². The van der Waals surface area contributed by atoms with Crippen molar-refractivity contribution in [2.75, 3.05) is 26.8 Å². The fourth-order valence-electron chi connectivity index (χ4n) is 1.99. The molecule has 0 aliphatic carbocycles. The molecule has 0 heterocycles. The highest BCUT2D eigenvalue weighted by Crippen LogP contribution is 2.05. The molecular weight excluding hydrogens is 330 g/mol. The van der Waals surface area contributed by atoms with Gasteiger partial charge in [-0.05, 0) is 11.5 Å². The molecule has 1 atom stereocenters. The van der Waals surface area contributed by atoms with Gasteiger partial charge in [-0.25, -0.2) is 0 Å². The fourth-order valence-corrected chi connectivity index (χ4v) is 1.99. The minimum atomic E-state index is -0.607. The van der Waals surface area contributed by atoms with Crippen LogP contribution >= 0.6 is 12.4 Å². The molecule has 0 saturated carbocycles. The Morgan fingerprint density at radius 3 is 2.42 bits per heavy atom. The Morgan fingerprint density at radius 1 is 1.25 bits per heavy atom. The molecule has 0 bridgehead atoms. The number of nitrogens with zero attached hydrogens (tertiary/aromatic N) is 1. The van der Waals surface area contributed by atoms with E-state index in [4.69, 9.17) is 10.5 Å². The summed E-state index contributed by atoms with van der Waals surface area (Å²) in [7, 11) is 1.59. The van der Waals surface area contributed by atoms with Crippen molar-refractivity contribution in [2.45, 2.75) is 26.4 Å². The van der Waals surface area contributed by atoms with Crippen molar-refractivity contribution >= 4 is 24.2 Å². The molecule has 0 aliphatic rings. The number of rotatable bonds is 9. The van der Waals surface area contributed by atoms with Gasteiger partial charge in [-0.2, -0.15) is 0 Å². The van der Waals surface area contributed by atoms with Gasteiger partial charge in [0.25, 0.3) is 0 Å². The number of hydrogen-bond donors (Lipinski definition) is 2. The third kappa shape index (κ3) is 7.77. The van der Waals surface area contributed by atoms with E-state index >= 15 is 0 Å². The molecule has 6 nitrogen and oxygen atoms in total. The Kier molecular flexibility index (Phi) is 11.0. The lowest BCUT2D eigenvalue weighted by molar-refractivity contribution is -0.134. The monoisotopic (exact) mass is 357 g/mol. The molecule has 0 aliphatic heterocycles. The first kappa shape index (κ1) is 22.4. The number of ether oxygens (including phenoxy) is 1. The summed E-state index contributed by atoms with van der Waals surface area (Å²) >= 11 is 0. The van der Waals surface area contributed by atoms with E-state index < -0.39 is 6.04 Å². The van der Waals surface area contributed by atoms with E-state index in [1.54, 1.807) is 12.0 Å².